The fourth-order valence-corrected chi connectivity index (χ4v) is 3.00. The molecule has 1 heterocycles. The number of ether oxygens (including phenoxy) is 2. The Bertz CT molecular complexity index is 746. The molecule has 1 atom stereocenters. The fourth-order valence-electron chi connectivity index (χ4n) is 3.00. The lowest BCUT2D eigenvalue weighted by atomic mass is 10.0. The molecule has 0 saturated carbocycles. The maximum absolute atomic E-state index is 12.3. The van der Waals surface area contributed by atoms with Gasteiger partial charge in [0.25, 0.3) is 5.91 Å². The Balaban J connectivity index is 1.93. The highest BCUT2D eigenvalue weighted by Crippen LogP contribution is 2.22. The summed E-state index contributed by atoms with van der Waals surface area (Å²) in [5.74, 6) is -1.62. The smallest absolute Gasteiger partial charge is 0.338 e. The second-order valence-corrected chi connectivity index (χ2v) is 7.05. The molecule has 2 rings (SSSR count). The summed E-state index contributed by atoms with van der Waals surface area (Å²) >= 11 is 0. The number of anilines is 1. The minimum Gasteiger partial charge on any atom is -0.467 e. The number of benzene rings is 1. The number of nitrogens with zero attached hydrogens (tertiary/aromatic N) is 1. The van der Waals surface area contributed by atoms with Crippen LogP contribution in [0.1, 0.15) is 43.5 Å². The molecule has 1 aromatic rings. The van der Waals surface area contributed by atoms with Crippen LogP contribution < -0.4 is 10.2 Å². The molecule has 0 aromatic heterocycles. The Morgan fingerprint density at radius 1 is 1.25 bits per heavy atom. The van der Waals surface area contributed by atoms with Crippen LogP contribution in [-0.2, 0) is 23.9 Å². The lowest BCUT2D eigenvalue weighted by Gasteiger charge is -2.18. The van der Waals surface area contributed by atoms with E-state index in [1.165, 1.54) is 7.11 Å². The number of amides is 2. The Hall–Kier alpha value is -2.90. The summed E-state index contributed by atoms with van der Waals surface area (Å²) in [5, 5.41) is 2.52. The molecule has 152 valence electrons. The lowest BCUT2D eigenvalue weighted by Crippen LogP contribution is -2.44. The second-order valence-electron chi connectivity index (χ2n) is 7.05. The average Bonchev–Trinajstić information content (AvgIpc) is 3.10. The zero-order valence-corrected chi connectivity index (χ0v) is 16.4. The van der Waals surface area contributed by atoms with Crippen molar-refractivity contribution in [3.05, 3.63) is 29.8 Å². The highest BCUT2D eigenvalue weighted by atomic mass is 16.5. The van der Waals surface area contributed by atoms with E-state index in [1.807, 2.05) is 13.8 Å². The van der Waals surface area contributed by atoms with Gasteiger partial charge in [-0.2, -0.15) is 0 Å². The average molecular weight is 390 g/mol. The number of hydrogen-bond acceptors (Lipinski definition) is 6. The van der Waals surface area contributed by atoms with Gasteiger partial charge >= 0.3 is 11.9 Å². The molecule has 0 spiro atoms. The van der Waals surface area contributed by atoms with Gasteiger partial charge in [-0.05, 0) is 37.0 Å². The number of nitrogens with one attached hydrogen (secondary N) is 1. The van der Waals surface area contributed by atoms with Crippen LogP contribution in [0.15, 0.2) is 24.3 Å². The van der Waals surface area contributed by atoms with Gasteiger partial charge in [-0.15, -0.1) is 0 Å². The predicted octanol–water partition coefficient (Wildman–Crippen LogP) is 1.67. The van der Waals surface area contributed by atoms with Crippen molar-refractivity contribution in [2.45, 2.75) is 39.2 Å². The molecule has 0 bridgehead atoms. The summed E-state index contributed by atoms with van der Waals surface area (Å²) in [6.07, 6.45) is 1.69. The van der Waals surface area contributed by atoms with Crippen molar-refractivity contribution >= 4 is 29.4 Å². The van der Waals surface area contributed by atoms with E-state index >= 15 is 0 Å². The zero-order valence-electron chi connectivity index (χ0n) is 16.4. The molecule has 0 unspecified atom stereocenters. The summed E-state index contributed by atoms with van der Waals surface area (Å²) in [4.78, 5) is 49.5. The molecule has 1 aliphatic heterocycles. The lowest BCUT2D eigenvalue weighted by molar-refractivity contribution is -0.145. The maximum atomic E-state index is 12.3. The zero-order chi connectivity index (χ0) is 20.7. The molecule has 1 aliphatic rings. The first-order chi connectivity index (χ1) is 13.3. The van der Waals surface area contributed by atoms with E-state index in [2.05, 4.69) is 10.1 Å². The van der Waals surface area contributed by atoms with E-state index in [-0.39, 0.29) is 17.4 Å². The van der Waals surface area contributed by atoms with Crippen LogP contribution >= 0.6 is 0 Å². The van der Waals surface area contributed by atoms with Crippen molar-refractivity contribution in [1.82, 2.24) is 5.32 Å². The van der Waals surface area contributed by atoms with Gasteiger partial charge in [0.15, 0.2) is 6.61 Å². The molecular weight excluding hydrogens is 364 g/mol. The first-order valence-electron chi connectivity index (χ1n) is 9.26. The van der Waals surface area contributed by atoms with Crippen LogP contribution in [0.2, 0.25) is 0 Å². The Morgan fingerprint density at radius 3 is 2.61 bits per heavy atom. The van der Waals surface area contributed by atoms with Crippen LogP contribution in [0.25, 0.3) is 0 Å². The van der Waals surface area contributed by atoms with E-state index < -0.39 is 30.5 Å². The van der Waals surface area contributed by atoms with Crippen molar-refractivity contribution in [3.63, 3.8) is 0 Å². The van der Waals surface area contributed by atoms with Gasteiger partial charge in [0.2, 0.25) is 5.91 Å². The first-order valence-corrected chi connectivity index (χ1v) is 9.26. The largest absolute Gasteiger partial charge is 0.467 e. The molecule has 1 N–H and O–H groups in total. The number of esters is 2. The molecule has 28 heavy (non-hydrogen) atoms. The quantitative estimate of drug-likeness (QED) is 0.678. The highest BCUT2D eigenvalue weighted by molar-refractivity contribution is 5.98. The van der Waals surface area contributed by atoms with Gasteiger partial charge in [-0.1, -0.05) is 19.9 Å². The fraction of sp³-hybridized carbons (Fsp3) is 0.500. The monoisotopic (exact) mass is 390 g/mol. The van der Waals surface area contributed by atoms with E-state index in [9.17, 15) is 19.2 Å². The third kappa shape index (κ3) is 5.80. The number of rotatable bonds is 8. The summed E-state index contributed by atoms with van der Waals surface area (Å²) < 4.78 is 9.73. The molecule has 1 fully saturated rings. The van der Waals surface area contributed by atoms with Crippen molar-refractivity contribution < 1.29 is 28.7 Å². The molecule has 8 heteroatoms. The molecular formula is C20H26N2O6. The van der Waals surface area contributed by atoms with Crippen molar-refractivity contribution in [1.29, 1.82) is 0 Å². The SMILES string of the molecule is COC(=O)[C@@H](CC(C)C)NC(=O)COC(=O)c1cccc(N2CCCC2=O)c1. The first kappa shape index (κ1) is 21.4. The summed E-state index contributed by atoms with van der Waals surface area (Å²) in [6.45, 7) is 3.93. The third-order valence-electron chi connectivity index (χ3n) is 4.33. The van der Waals surface area contributed by atoms with Crippen LogP contribution in [0.3, 0.4) is 0 Å². The number of hydrogen-bond donors (Lipinski definition) is 1. The minimum atomic E-state index is -0.791. The van der Waals surface area contributed by atoms with Gasteiger partial charge in [-0.25, -0.2) is 9.59 Å². The van der Waals surface area contributed by atoms with Gasteiger partial charge < -0.3 is 19.7 Å². The van der Waals surface area contributed by atoms with E-state index in [4.69, 9.17) is 4.74 Å². The van der Waals surface area contributed by atoms with Crippen molar-refractivity contribution in [2.75, 3.05) is 25.2 Å². The summed E-state index contributed by atoms with van der Waals surface area (Å²) in [5.41, 5.74) is 0.876. The number of carbonyl (C=O) groups excluding carboxylic acids is 4. The van der Waals surface area contributed by atoms with Gasteiger partial charge in [-0.3, -0.25) is 9.59 Å². The highest BCUT2D eigenvalue weighted by Gasteiger charge is 2.24. The minimum absolute atomic E-state index is 0.0175. The van der Waals surface area contributed by atoms with Gasteiger partial charge in [0.1, 0.15) is 6.04 Å². The molecule has 2 amide bonds. The Morgan fingerprint density at radius 2 is 2.00 bits per heavy atom. The number of methoxy groups -OCH3 is 1. The molecule has 1 saturated heterocycles. The normalized spacial score (nSPS) is 14.7. The second kappa shape index (κ2) is 9.87. The van der Waals surface area contributed by atoms with E-state index in [1.54, 1.807) is 29.2 Å². The Labute approximate surface area is 164 Å². The summed E-state index contributed by atoms with van der Waals surface area (Å²) in [7, 11) is 1.25. The van der Waals surface area contributed by atoms with Gasteiger partial charge in [0.05, 0.1) is 12.7 Å². The van der Waals surface area contributed by atoms with Crippen LogP contribution in [0.4, 0.5) is 5.69 Å². The molecule has 0 radical (unpaired) electrons. The predicted molar refractivity (Wildman–Crippen MR) is 102 cm³/mol. The van der Waals surface area contributed by atoms with E-state index in [0.29, 0.717) is 25.1 Å². The van der Waals surface area contributed by atoms with Crippen LogP contribution in [0.5, 0.6) is 0 Å². The Kier molecular flexibility index (Phi) is 7.54. The topological polar surface area (TPSA) is 102 Å². The van der Waals surface area contributed by atoms with Crippen LogP contribution in [0, 0.1) is 5.92 Å². The molecule has 8 nitrogen and oxygen atoms in total. The maximum Gasteiger partial charge on any atom is 0.338 e. The van der Waals surface area contributed by atoms with E-state index in [0.717, 1.165) is 6.42 Å². The molecule has 0 aliphatic carbocycles. The number of carbonyl (C=O) groups is 4. The van der Waals surface area contributed by atoms with Crippen LogP contribution in [-0.4, -0.2) is 50.1 Å². The van der Waals surface area contributed by atoms with Crippen molar-refractivity contribution in [2.24, 2.45) is 5.92 Å². The third-order valence-corrected chi connectivity index (χ3v) is 4.33. The van der Waals surface area contributed by atoms with Gasteiger partial charge in [0, 0.05) is 18.7 Å². The van der Waals surface area contributed by atoms with Crippen molar-refractivity contribution in [3.8, 4) is 0 Å². The standard InChI is InChI=1S/C20H26N2O6/c1-13(2)10-16(20(26)27-3)21-17(23)12-28-19(25)14-6-4-7-15(11-14)22-9-5-8-18(22)24/h4,6-7,11,13,16H,5,8-10,12H2,1-3H3,(H,21,23)/t16-/m1/s1. The molecule has 1 aromatic carbocycles. The summed E-state index contributed by atoms with van der Waals surface area (Å²) in [6, 6.07) is 5.74.